The molecule has 0 bridgehead atoms. The van der Waals surface area contributed by atoms with E-state index in [0.717, 1.165) is 5.56 Å². The lowest BCUT2D eigenvalue weighted by atomic mass is 10.2. The third kappa shape index (κ3) is 5.53. The summed E-state index contributed by atoms with van der Waals surface area (Å²) in [6, 6.07) is 12.2. The highest BCUT2D eigenvalue weighted by atomic mass is 32.2. The monoisotopic (exact) mass is 392 g/mol. The Bertz CT molecular complexity index is 925. The molecule has 2 rings (SSSR count). The highest BCUT2D eigenvalue weighted by Gasteiger charge is 2.16. The van der Waals surface area contributed by atoms with Crippen LogP contribution >= 0.6 is 0 Å². The second-order valence-corrected chi connectivity index (χ2v) is 7.27. The highest BCUT2D eigenvalue weighted by Crippen LogP contribution is 2.18. The fourth-order valence-corrected chi connectivity index (χ4v) is 2.79. The third-order valence-corrected chi connectivity index (χ3v) is 4.70. The number of primary sulfonamides is 1. The Morgan fingerprint density at radius 3 is 2.30 bits per heavy atom. The maximum Gasteiger partial charge on any atom is 0.338 e. The molecule has 8 nitrogen and oxygen atoms in total. The van der Waals surface area contributed by atoms with Crippen molar-refractivity contribution in [3.63, 3.8) is 0 Å². The summed E-state index contributed by atoms with van der Waals surface area (Å²) in [6.45, 7) is -0.148. The maximum absolute atomic E-state index is 12.2. The average Bonchev–Trinajstić information content (AvgIpc) is 2.65. The van der Waals surface area contributed by atoms with Gasteiger partial charge in [-0.15, -0.1) is 0 Å². The largest absolute Gasteiger partial charge is 0.496 e. The smallest absolute Gasteiger partial charge is 0.338 e. The molecular weight excluding hydrogens is 372 g/mol. The van der Waals surface area contributed by atoms with E-state index in [0.29, 0.717) is 12.3 Å². The van der Waals surface area contributed by atoms with Crippen molar-refractivity contribution in [3.05, 3.63) is 59.7 Å². The zero-order valence-electron chi connectivity index (χ0n) is 14.9. The minimum absolute atomic E-state index is 0.114. The van der Waals surface area contributed by atoms with Gasteiger partial charge in [-0.05, 0) is 30.3 Å². The van der Waals surface area contributed by atoms with Gasteiger partial charge < -0.3 is 14.4 Å². The number of likely N-dealkylation sites (N-methyl/N-ethyl adjacent to an activating group) is 1. The number of sulfonamides is 1. The molecule has 0 spiro atoms. The molecule has 2 aromatic rings. The minimum atomic E-state index is -3.84. The van der Waals surface area contributed by atoms with Crippen LogP contribution in [0.4, 0.5) is 0 Å². The molecule has 0 fully saturated rings. The van der Waals surface area contributed by atoms with Crippen LogP contribution in [0.5, 0.6) is 5.75 Å². The number of rotatable bonds is 7. The SMILES string of the molecule is COc1ccccc1CN(C)C(=O)COC(=O)c1ccc(S(N)(=O)=O)cc1. The van der Waals surface area contributed by atoms with Crippen molar-refractivity contribution in [2.24, 2.45) is 5.14 Å². The van der Waals surface area contributed by atoms with E-state index in [1.165, 1.54) is 29.2 Å². The fraction of sp³-hybridized carbons (Fsp3) is 0.222. The van der Waals surface area contributed by atoms with Gasteiger partial charge in [0.1, 0.15) is 5.75 Å². The molecule has 0 aliphatic rings. The third-order valence-electron chi connectivity index (χ3n) is 3.77. The summed E-state index contributed by atoms with van der Waals surface area (Å²) < 4.78 is 32.6. The first-order chi connectivity index (χ1) is 12.7. The molecule has 0 aliphatic carbocycles. The molecular formula is C18H20N2O6S. The topological polar surface area (TPSA) is 116 Å². The maximum atomic E-state index is 12.2. The lowest BCUT2D eigenvalue weighted by Crippen LogP contribution is -2.31. The van der Waals surface area contributed by atoms with Gasteiger partial charge in [-0.2, -0.15) is 0 Å². The number of methoxy groups -OCH3 is 1. The second-order valence-electron chi connectivity index (χ2n) is 5.71. The summed E-state index contributed by atoms with van der Waals surface area (Å²) in [4.78, 5) is 25.5. The Kier molecular flexibility index (Phi) is 6.54. The molecule has 2 aromatic carbocycles. The Balaban J connectivity index is 1.93. The van der Waals surface area contributed by atoms with E-state index in [2.05, 4.69) is 0 Å². The Hall–Kier alpha value is -2.91. The van der Waals surface area contributed by atoms with Crippen LogP contribution in [-0.4, -0.2) is 46.0 Å². The number of hydrogen-bond donors (Lipinski definition) is 1. The summed E-state index contributed by atoms with van der Waals surface area (Å²) in [5.74, 6) is -0.477. The minimum Gasteiger partial charge on any atom is -0.496 e. The van der Waals surface area contributed by atoms with Gasteiger partial charge in [-0.3, -0.25) is 4.79 Å². The van der Waals surface area contributed by atoms with Gasteiger partial charge in [0, 0.05) is 19.2 Å². The Labute approximate surface area is 157 Å². The lowest BCUT2D eigenvalue weighted by molar-refractivity contribution is -0.133. The number of amides is 1. The van der Waals surface area contributed by atoms with Crippen molar-refractivity contribution < 1.29 is 27.5 Å². The van der Waals surface area contributed by atoms with E-state index in [9.17, 15) is 18.0 Å². The Morgan fingerprint density at radius 2 is 1.70 bits per heavy atom. The van der Waals surface area contributed by atoms with E-state index >= 15 is 0 Å². The first-order valence-corrected chi connectivity index (χ1v) is 9.43. The Morgan fingerprint density at radius 1 is 1.07 bits per heavy atom. The van der Waals surface area contributed by atoms with Crippen LogP contribution in [-0.2, 0) is 26.1 Å². The van der Waals surface area contributed by atoms with Crippen molar-refractivity contribution in [2.75, 3.05) is 20.8 Å². The van der Waals surface area contributed by atoms with Crippen LogP contribution < -0.4 is 9.88 Å². The molecule has 0 radical (unpaired) electrons. The second kappa shape index (κ2) is 8.65. The number of benzene rings is 2. The van der Waals surface area contributed by atoms with E-state index in [1.807, 2.05) is 18.2 Å². The zero-order valence-corrected chi connectivity index (χ0v) is 15.7. The van der Waals surface area contributed by atoms with Crippen molar-refractivity contribution >= 4 is 21.9 Å². The molecule has 0 aliphatic heterocycles. The predicted octanol–water partition coefficient (Wildman–Crippen LogP) is 1.16. The fourth-order valence-electron chi connectivity index (χ4n) is 2.28. The van der Waals surface area contributed by atoms with Crippen LogP contribution in [0.3, 0.4) is 0 Å². The highest BCUT2D eigenvalue weighted by molar-refractivity contribution is 7.89. The number of esters is 1. The quantitative estimate of drug-likeness (QED) is 0.707. The number of hydrogen-bond acceptors (Lipinski definition) is 6. The summed E-state index contributed by atoms with van der Waals surface area (Å²) in [5, 5.41) is 5.00. The number of para-hydroxylation sites is 1. The van der Waals surface area contributed by atoms with Crippen LogP contribution in [0.25, 0.3) is 0 Å². The van der Waals surface area contributed by atoms with Gasteiger partial charge in [-0.25, -0.2) is 18.4 Å². The van der Waals surface area contributed by atoms with E-state index in [4.69, 9.17) is 14.6 Å². The summed E-state index contributed by atoms with van der Waals surface area (Å²) in [6.07, 6.45) is 0. The first-order valence-electron chi connectivity index (χ1n) is 7.88. The van der Waals surface area contributed by atoms with Crippen LogP contribution in [0.2, 0.25) is 0 Å². The van der Waals surface area contributed by atoms with Crippen molar-refractivity contribution in [2.45, 2.75) is 11.4 Å². The van der Waals surface area contributed by atoms with Gasteiger partial charge in [0.05, 0.1) is 17.6 Å². The summed E-state index contributed by atoms with van der Waals surface area (Å²) in [7, 11) is -0.709. The van der Waals surface area contributed by atoms with E-state index in [1.54, 1.807) is 20.2 Å². The van der Waals surface area contributed by atoms with Gasteiger partial charge in [0.15, 0.2) is 6.61 Å². The van der Waals surface area contributed by atoms with E-state index < -0.39 is 28.5 Å². The molecule has 27 heavy (non-hydrogen) atoms. The summed E-state index contributed by atoms with van der Waals surface area (Å²) >= 11 is 0. The molecule has 1 amide bonds. The van der Waals surface area contributed by atoms with Crippen LogP contribution in [0.1, 0.15) is 15.9 Å². The summed E-state index contributed by atoms with van der Waals surface area (Å²) in [5.41, 5.74) is 0.934. The lowest BCUT2D eigenvalue weighted by Gasteiger charge is -2.18. The van der Waals surface area contributed by atoms with Crippen molar-refractivity contribution in [3.8, 4) is 5.75 Å². The van der Waals surface area contributed by atoms with Crippen molar-refractivity contribution in [1.82, 2.24) is 4.90 Å². The average molecular weight is 392 g/mol. The number of nitrogens with zero attached hydrogens (tertiary/aromatic N) is 1. The molecule has 0 heterocycles. The normalized spacial score (nSPS) is 10.9. The molecule has 0 saturated heterocycles. The number of carbonyl (C=O) groups is 2. The number of nitrogens with two attached hydrogens (primary N) is 1. The molecule has 0 aromatic heterocycles. The van der Waals surface area contributed by atoms with Crippen LogP contribution in [0.15, 0.2) is 53.4 Å². The molecule has 0 unspecified atom stereocenters. The molecule has 2 N–H and O–H groups in total. The standard InChI is InChI=1S/C18H20N2O6S/c1-20(11-14-5-3-4-6-16(14)25-2)17(21)12-26-18(22)13-7-9-15(10-8-13)27(19,23)24/h3-10H,11-12H2,1-2H3,(H2,19,23,24). The van der Waals surface area contributed by atoms with Gasteiger partial charge in [0.2, 0.25) is 10.0 Å². The number of ether oxygens (including phenoxy) is 2. The van der Waals surface area contributed by atoms with Crippen LogP contribution in [0, 0.1) is 0 Å². The van der Waals surface area contributed by atoms with Gasteiger partial charge in [-0.1, -0.05) is 18.2 Å². The molecule has 9 heteroatoms. The zero-order chi connectivity index (χ0) is 20.0. The number of carbonyl (C=O) groups excluding carboxylic acids is 2. The van der Waals surface area contributed by atoms with Gasteiger partial charge >= 0.3 is 5.97 Å². The molecule has 0 saturated carbocycles. The predicted molar refractivity (Wildman–Crippen MR) is 97.6 cm³/mol. The van der Waals surface area contributed by atoms with Gasteiger partial charge in [0.25, 0.3) is 5.91 Å². The molecule has 0 atom stereocenters. The molecule has 144 valence electrons. The van der Waals surface area contributed by atoms with Crippen molar-refractivity contribution in [1.29, 1.82) is 0 Å². The van der Waals surface area contributed by atoms with E-state index in [-0.39, 0.29) is 10.5 Å². The first kappa shape index (κ1) is 20.4.